The van der Waals surface area contributed by atoms with Crippen molar-refractivity contribution in [3.8, 4) is 5.75 Å². The summed E-state index contributed by atoms with van der Waals surface area (Å²) in [5.41, 5.74) is 1.04. The van der Waals surface area contributed by atoms with Crippen LogP contribution in [0.1, 0.15) is 18.4 Å². The molecule has 1 aliphatic heterocycles. The van der Waals surface area contributed by atoms with E-state index in [0.717, 1.165) is 15.8 Å². The van der Waals surface area contributed by atoms with Gasteiger partial charge in [-0.15, -0.1) is 0 Å². The number of hydrogen-bond donors (Lipinski definition) is 1. The van der Waals surface area contributed by atoms with E-state index in [1.54, 1.807) is 24.3 Å². The molecule has 156 valence electrons. The second-order valence-corrected chi connectivity index (χ2v) is 9.91. The van der Waals surface area contributed by atoms with Gasteiger partial charge in [0.1, 0.15) is 12.4 Å². The van der Waals surface area contributed by atoms with Crippen LogP contribution >= 0.6 is 15.9 Å². The molecule has 1 fully saturated rings. The third-order valence-electron chi connectivity index (χ3n) is 4.96. The molecule has 1 unspecified atom stereocenters. The van der Waals surface area contributed by atoms with Crippen LogP contribution in [-0.4, -0.2) is 44.9 Å². The van der Waals surface area contributed by atoms with Gasteiger partial charge in [-0.2, -0.15) is 4.31 Å². The highest BCUT2D eigenvalue weighted by Gasteiger charge is 2.33. The highest BCUT2D eigenvalue weighted by atomic mass is 79.9. The van der Waals surface area contributed by atoms with Crippen LogP contribution in [-0.2, 0) is 14.8 Å². The number of nitrogens with zero attached hydrogens (tertiary/aromatic N) is 1. The summed E-state index contributed by atoms with van der Waals surface area (Å²) < 4.78 is 33.7. The number of ether oxygens (including phenoxy) is 1. The molecule has 2 aromatic rings. The van der Waals surface area contributed by atoms with Gasteiger partial charge in [-0.25, -0.2) is 8.42 Å². The molecule has 0 radical (unpaired) electrons. The second-order valence-electron chi connectivity index (χ2n) is 7.06. The number of carbonyl (C=O) groups excluding carboxylic acids is 1. The number of piperidine rings is 1. The van der Waals surface area contributed by atoms with E-state index in [1.807, 2.05) is 31.2 Å². The Hall–Kier alpha value is -1.90. The van der Waals surface area contributed by atoms with E-state index < -0.39 is 10.0 Å². The maximum atomic E-state index is 12.9. The molecular weight excluding hydrogens is 456 g/mol. The van der Waals surface area contributed by atoms with Gasteiger partial charge in [0.2, 0.25) is 15.9 Å². The van der Waals surface area contributed by atoms with Crippen LogP contribution < -0.4 is 10.1 Å². The highest BCUT2D eigenvalue weighted by molar-refractivity contribution is 9.10. The van der Waals surface area contributed by atoms with E-state index in [0.29, 0.717) is 32.5 Å². The molecule has 1 heterocycles. The Kier molecular flexibility index (Phi) is 7.32. The second kappa shape index (κ2) is 9.73. The van der Waals surface area contributed by atoms with E-state index >= 15 is 0 Å². The lowest BCUT2D eigenvalue weighted by molar-refractivity contribution is -0.126. The van der Waals surface area contributed by atoms with Crippen LogP contribution in [0.25, 0.3) is 0 Å². The Bertz CT molecular complexity index is 947. The van der Waals surface area contributed by atoms with Crippen LogP contribution in [0, 0.1) is 12.8 Å². The van der Waals surface area contributed by atoms with E-state index in [4.69, 9.17) is 4.74 Å². The first-order valence-corrected chi connectivity index (χ1v) is 11.8. The van der Waals surface area contributed by atoms with Crippen LogP contribution in [0.3, 0.4) is 0 Å². The van der Waals surface area contributed by atoms with Gasteiger partial charge in [-0.1, -0.05) is 34.1 Å². The Balaban J connectivity index is 1.52. The number of benzene rings is 2. The summed E-state index contributed by atoms with van der Waals surface area (Å²) in [7, 11) is -3.60. The Labute approximate surface area is 180 Å². The first kappa shape index (κ1) is 21.8. The van der Waals surface area contributed by atoms with Crippen molar-refractivity contribution >= 4 is 31.9 Å². The van der Waals surface area contributed by atoms with Crippen molar-refractivity contribution in [3.63, 3.8) is 0 Å². The number of nitrogens with one attached hydrogen (secondary N) is 1. The summed E-state index contributed by atoms with van der Waals surface area (Å²) in [4.78, 5) is 12.8. The summed E-state index contributed by atoms with van der Waals surface area (Å²) in [6.45, 7) is 3.34. The summed E-state index contributed by atoms with van der Waals surface area (Å²) in [6.07, 6.45) is 1.34. The number of sulfonamides is 1. The van der Waals surface area contributed by atoms with E-state index in [9.17, 15) is 13.2 Å². The van der Waals surface area contributed by atoms with Crippen molar-refractivity contribution in [1.29, 1.82) is 0 Å². The Morgan fingerprint density at radius 1 is 1.21 bits per heavy atom. The predicted molar refractivity (Wildman–Crippen MR) is 115 cm³/mol. The maximum absolute atomic E-state index is 12.9. The number of hydrogen-bond acceptors (Lipinski definition) is 4. The van der Waals surface area contributed by atoms with Crippen LogP contribution in [0.15, 0.2) is 57.9 Å². The zero-order valence-electron chi connectivity index (χ0n) is 16.3. The summed E-state index contributed by atoms with van der Waals surface area (Å²) >= 11 is 3.31. The number of para-hydroxylation sites is 1. The Morgan fingerprint density at radius 3 is 2.66 bits per heavy atom. The topological polar surface area (TPSA) is 75.7 Å². The molecule has 0 bridgehead atoms. The SMILES string of the molecule is Cc1ccccc1OCCNC(=O)C1CCCN(S(=O)(=O)c2ccc(Br)cc2)C1. The molecule has 1 atom stereocenters. The van der Waals surface area contributed by atoms with Crippen molar-refractivity contribution < 1.29 is 17.9 Å². The number of amides is 1. The summed E-state index contributed by atoms with van der Waals surface area (Å²) in [6, 6.07) is 14.3. The zero-order valence-corrected chi connectivity index (χ0v) is 18.7. The maximum Gasteiger partial charge on any atom is 0.243 e. The monoisotopic (exact) mass is 480 g/mol. The fourth-order valence-electron chi connectivity index (χ4n) is 3.33. The smallest absolute Gasteiger partial charge is 0.243 e. The predicted octanol–water partition coefficient (Wildman–Crippen LogP) is 3.35. The first-order valence-electron chi connectivity index (χ1n) is 9.60. The molecule has 3 rings (SSSR count). The molecule has 1 N–H and O–H groups in total. The zero-order chi connectivity index (χ0) is 20.9. The van der Waals surface area contributed by atoms with Gasteiger partial charge in [0.05, 0.1) is 17.4 Å². The minimum Gasteiger partial charge on any atom is -0.491 e. The molecule has 1 aliphatic rings. The summed E-state index contributed by atoms with van der Waals surface area (Å²) in [5.74, 6) is 0.313. The molecule has 0 aromatic heterocycles. The lowest BCUT2D eigenvalue weighted by Gasteiger charge is -2.31. The quantitative estimate of drug-likeness (QED) is 0.616. The normalized spacial score (nSPS) is 17.7. The van der Waals surface area contributed by atoms with Gasteiger partial charge in [0, 0.05) is 17.6 Å². The average Bonchev–Trinajstić information content (AvgIpc) is 2.72. The minimum atomic E-state index is -3.60. The molecule has 2 aromatic carbocycles. The summed E-state index contributed by atoms with van der Waals surface area (Å²) in [5, 5.41) is 2.87. The minimum absolute atomic E-state index is 0.130. The van der Waals surface area contributed by atoms with Crippen molar-refractivity contribution in [2.24, 2.45) is 5.92 Å². The largest absolute Gasteiger partial charge is 0.491 e. The molecule has 0 aliphatic carbocycles. The molecule has 1 saturated heterocycles. The fraction of sp³-hybridized carbons (Fsp3) is 0.381. The lowest BCUT2D eigenvalue weighted by Crippen LogP contribution is -2.45. The number of halogens is 1. The van der Waals surface area contributed by atoms with Gasteiger partial charge in [-0.3, -0.25) is 4.79 Å². The third-order valence-corrected chi connectivity index (χ3v) is 7.37. The van der Waals surface area contributed by atoms with Gasteiger partial charge in [0.25, 0.3) is 0 Å². The van der Waals surface area contributed by atoms with Gasteiger partial charge in [-0.05, 0) is 55.7 Å². The molecule has 6 nitrogen and oxygen atoms in total. The van der Waals surface area contributed by atoms with Gasteiger partial charge < -0.3 is 10.1 Å². The number of carbonyl (C=O) groups is 1. The van der Waals surface area contributed by atoms with Crippen LogP contribution in [0.2, 0.25) is 0 Å². The lowest BCUT2D eigenvalue weighted by atomic mass is 9.99. The van der Waals surface area contributed by atoms with Crippen molar-refractivity contribution in [2.75, 3.05) is 26.2 Å². The third kappa shape index (κ3) is 5.58. The van der Waals surface area contributed by atoms with Crippen molar-refractivity contribution in [2.45, 2.75) is 24.7 Å². The Morgan fingerprint density at radius 2 is 1.93 bits per heavy atom. The molecule has 0 spiro atoms. The highest BCUT2D eigenvalue weighted by Crippen LogP contribution is 2.25. The van der Waals surface area contributed by atoms with Crippen LogP contribution in [0.5, 0.6) is 5.75 Å². The molecule has 0 saturated carbocycles. The fourth-order valence-corrected chi connectivity index (χ4v) is 5.12. The molecule has 29 heavy (non-hydrogen) atoms. The van der Waals surface area contributed by atoms with Crippen molar-refractivity contribution in [1.82, 2.24) is 9.62 Å². The van der Waals surface area contributed by atoms with Crippen LogP contribution in [0.4, 0.5) is 0 Å². The standard InChI is InChI=1S/C21H25BrN2O4S/c1-16-5-2-3-7-20(16)28-14-12-23-21(25)17-6-4-13-24(15-17)29(26,27)19-10-8-18(22)9-11-19/h2-3,5,7-11,17H,4,6,12-15H2,1H3,(H,23,25). The number of rotatable bonds is 7. The van der Waals surface area contributed by atoms with Crippen molar-refractivity contribution in [3.05, 3.63) is 58.6 Å². The van der Waals surface area contributed by atoms with E-state index in [1.165, 1.54) is 4.31 Å². The van der Waals surface area contributed by atoms with Gasteiger partial charge >= 0.3 is 0 Å². The van der Waals surface area contributed by atoms with Gasteiger partial charge in [0.15, 0.2) is 0 Å². The molecular formula is C21H25BrN2O4S. The van der Waals surface area contributed by atoms with E-state index in [-0.39, 0.29) is 23.3 Å². The first-order chi connectivity index (χ1) is 13.9. The average molecular weight is 481 g/mol. The molecule has 1 amide bonds. The van der Waals surface area contributed by atoms with E-state index in [2.05, 4.69) is 21.2 Å². The molecule has 8 heteroatoms. The number of aryl methyl sites for hydroxylation is 1.